The molecule has 160 valence electrons. The van der Waals surface area contributed by atoms with Gasteiger partial charge in [-0.3, -0.25) is 0 Å². The number of esters is 1. The highest BCUT2D eigenvalue weighted by molar-refractivity contribution is 5.76. The highest BCUT2D eigenvalue weighted by Crippen LogP contribution is 2.32. The second-order valence-electron chi connectivity index (χ2n) is 8.16. The van der Waals surface area contributed by atoms with Gasteiger partial charge in [-0.15, -0.1) is 0 Å². The lowest BCUT2D eigenvalue weighted by molar-refractivity contribution is -0.136. The zero-order valence-electron chi connectivity index (χ0n) is 18.4. The molecule has 0 aromatic heterocycles. The maximum Gasteiger partial charge on any atom is 0.349 e. The number of ether oxygens (including phenoxy) is 3. The summed E-state index contributed by atoms with van der Waals surface area (Å²) >= 11 is 0. The Morgan fingerprint density at radius 3 is 2.19 bits per heavy atom. The SMILES string of the molecule is COc1cc(/C=C/c2ccccc2)ccc1OC(=O)COc1ccccc1C(C)(C)C. The van der Waals surface area contributed by atoms with Crippen molar-refractivity contribution < 1.29 is 19.0 Å². The van der Waals surface area contributed by atoms with Crippen LogP contribution in [0.15, 0.2) is 72.8 Å². The van der Waals surface area contributed by atoms with E-state index in [1.807, 2.05) is 78.9 Å². The van der Waals surface area contributed by atoms with E-state index in [1.54, 1.807) is 13.2 Å². The Kier molecular flexibility index (Phi) is 7.14. The summed E-state index contributed by atoms with van der Waals surface area (Å²) in [6, 6.07) is 23.2. The molecule has 0 N–H and O–H groups in total. The highest BCUT2D eigenvalue weighted by atomic mass is 16.6. The van der Waals surface area contributed by atoms with Crippen LogP contribution in [0.5, 0.6) is 17.2 Å². The van der Waals surface area contributed by atoms with E-state index in [1.165, 1.54) is 0 Å². The van der Waals surface area contributed by atoms with E-state index >= 15 is 0 Å². The van der Waals surface area contributed by atoms with Gasteiger partial charge in [0.2, 0.25) is 0 Å². The summed E-state index contributed by atoms with van der Waals surface area (Å²) in [7, 11) is 1.55. The van der Waals surface area contributed by atoms with Gasteiger partial charge in [0.1, 0.15) is 5.75 Å². The standard InChI is InChI=1S/C27H28O4/c1-27(2,3)22-12-8-9-13-23(22)30-19-26(28)31-24-17-16-21(18-25(24)29-4)15-14-20-10-6-5-7-11-20/h5-18H,19H2,1-4H3/b15-14+. The molecule has 0 radical (unpaired) electrons. The van der Waals surface area contributed by atoms with Gasteiger partial charge in [-0.2, -0.15) is 0 Å². The fraction of sp³-hybridized carbons (Fsp3) is 0.222. The predicted octanol–water partition coefficient (Wildman–Crippen LogP) is 6.15. The van der Waals surface area contributed by atoms with Crippen LogP contribution in [0.25, 0.3) is 12.2 Å². The van der Waals surface area contributed by atoms with E-state index < -0.39 is 5.97 Å². The van der Waals surface area contributed by atoms with Crippen LogP contribution in [0.1, 0.15) is 37.5 Å². The van der Waals surface area contributed by atoms with E-state index in [4.69, 9.17) is 14.2 Å². The molecule has 0 amide bonds. The molecule has 0 saturated carbocycles. The first-order chi connectivity index (χ1) is 14.9. The molecule has 0 atom stereocenters. The van der Waals surface area contributed by atoms with Gasteiger partial charge in [-0.25, -0.2) is 4.79 Å². The van der Waals surface area contributed by atoms with Crippen LogP contribution >= 0.6 is 0 Å². The number of methoxy groups -OCH3 is 1. The van der Waals surface area contributed by atoms with Crippen LogP contribution in [-0.2, 0) is 10.2 Å². The third kappa shape index (κ3) is 6.22. The molecule has 0 aliphatic heterocycles. The zero-order chi connectivity index (χ0) is 22.3. The maximum absolute atomic E-state index is 12.4. The van der Waals surface area contributed by atoms with E-state index in [2.05, 4.69) is 20.8 Å². The van der Waals surface area contributed by atoms with E-state index in [-0.39, 0.29) is 12.0 Å². The second kappa shape index (κ2) is 9.98. The summed E-state index contributed by atoms with van der Waals surface area (Å²) in [5.41, 5.74) is 2.99. The Balaban J connectivity index is 1.66. The van der Waals surface area contributed by atoms with Gasteiger partial charge in [-0.1, -0.05) is 87.5 Å². The monoisotopic (exact) mass is 416 g/mol. The summed E-state index contributed by atoms with van der Waals surface area (Å²) < 4.78 is 16.7. The minimum Gasteiger partial charge on any atom is -0.493 e. The van der Waals surface area contributed by atoms with Crippen molar-refractivity contribution in [1.29, 1.82) is 0 Å². The molecule has 0 unspecified atom stereocenters. The normalized spacial score (nSPS) is 11.4. The van der Waals surface area contributed by atoms with Crippen molar-refractivity contribution in [2.45, 2.75) is 26.2 Å². The number of rotatable bonds is 7. The number of hydrogen-bond acceptors (Lipinski definition) is 4. The third-order valence-electron chi connectivity index (χ3n) is 4.72. The van der Waals surface area contributed by atoms with Crippen LogP contribution in [0.2, 0.25) is 0 Å². The van der Waals surface area contributed by atoms with Crippen molar-refractivity contribution in [1.82, 2.24) is 0 Å². The Hall–Kier alpha value is -3.53. The van der Waals surface area contributed by atoms with Crippen LogP contribution < -0.4 is 14.2 Å². The minimum absolute atomic E-state index is 0.0905. The average Bonchev–Trinajstić information content (AvgIpc) is 2.77. The van der Waals surface area contributed by atoms with E-state index in [0.29, 0.717) is 17.2 Å². The minimum atomic E-state index is -0.491. The van der Waals surface area contributed by atoms with Crippen LogP contribution in [0.4, 0.5) is 0 Å². The maximum atomic E-state index is 12.4. The Labute approximate surface area is 184 Å². The summed E-state index contributed by atoms with van der Waals surface area (Å²) in [6.45, 7) is 6.12. The average molecular weight is 417 g/mol. The smallest absolute Gasteiger partial charge is 0.349 e. The quantitative estimate of drug-likeness (QED) is 0.263. The molecular formula is C27H28O4. The first-order valence-corrected chi connectivity index (χ1v) is 10.2. The van der Waals surface area contributed by atoms with E-state index in [9.17, 15) is 4.79 Å². The van der Waals surface area contributed by atoms with E-state index in [0.717, 1.165) is 16.7 Å². The molecule has 0 heterocycles. The molecule has 0 spiro atoms. The third-order valence-corrected chi connectivity index (χ3v) is 4.72. The van der Waals surface area contributed by atoms with Crippen molar-refractivity contribution in [3.63, 3.8) is 0 Å². The van der Waals surface area contributed by atoms with Gasteiger partial charge in [0.15, 0.2) is 18.1 Å². The fourth-order valence-corrected chi connectivity index (χ4v) is 3.13. The van der Waals surface area contributed by atoms with Gasteiger partial charge in [0.05, 0.1) is 7.11 Å². The number of carbonyl (C=O) groups is 1. The number of para-hydroxylation sites is 1. The lowest BCUT2D eigenvalue weighted by Gasteiger charge is -2.22. The molecule has 3 aromatic rings. The predicted molar refractivity (Wildman–Crippen MR) is 125 cm³/mol. The summed E-state index contributed by atoms with van der Waals surface area (Å²) in [5, 5.41) is 0. The molecule has 0 aliphatic rings. The highest BCUT2D eigenvalue weighted by Gasteiger charge is 2.19. The Morgan fingerprint density at radius 2 is 1.48 bits per heavy atom. The first-order valence-electron chi connectivity index (χ1n) is 10.2. The van der Waals surface area contributed by atoms with Gasteiger partial charge in [-0.05, 0) is 40.3 Å². The second-order valence-corrected chi connectivity index (χ2v) is 8.16. The van der Waals surface area contributed by atoms with Gasteiger partial charge >= 0.3 is 5.97 Å². The van der Waals surface area contributed by atoms with Crippen LogP contribution in [0.3, 0.4) is 0 Å². The van der Waals surface area contributed by atoms with Crippen molar-refractivity contribution >= 4 is 18.1 Å². The van der Waals surface area contributed by atoms with Crippen molar-refractivity contribution in [2.75, 3.05) is 13.7 Å². The van der Waals surface area contributed by atoms with Gasteiger partial charge in [0, 0.05) is 0 Å². The van der Waals surface area contributed by atoms with Crippen molar-refractivity contribution in [2.24, 2.45) is 0 Å². The lowest BCUT2D eigenvalue weighted by Crippen LogP contribution is -2.20. The molecule has 0 bridgehead atoms. The Morgan fingerprint density at radius 1 is 0.806 bits per heavy atom. The molecular weight excluding hydrogens is 388 g/mol. The largest absolute Gasteiger partial charge is 0.493 e. The molecule has 4 heteroatoms. The summed E-state index contributed by atoms with van der Waals surface area (Å²) in [4.78, 5) is 12.4. The molecule has 0 aliphatic carbocycles. The first kappa shape index (κ1) is 22.2. The Bertz CT molecular complexity index is 1050. The summed E-state index contributed by atoms with van der Waals surface area (Å²) in [6.07, 6.45) is 4.00. The summed E-state index contributed by atoms with van der Waals surface area (Å²) in [5.74, 6) is 1.03. The number of hydrogen-bond donors (Lipinski definition) is 0. The molecule has 31 heavy (non-hydrogen) atoms. The number of benzene rings is 3. The molecule has 0 saturated heterocycles. The van der Waals surface area contributed by atoms with Crippen molar-refractivity contribution in [3.05, 3.63) is 89.5 Å². The van der Waals surface area contributed by atoms with Crippen molar-refractivity contribution in [3.8, 4) is 17.2 Å². The zero-order valence-corrected chi connectivity index (χ0v) is 18.4. The van der Waals surface area contributed by atoms with Gasteiger partial charge in [0.25, 0.3) is 0 Å². The molecule has 3 aromatic carbocycles. The van der Waals surface area contributed by atoms with Gasteiger partial charge < -0.3 is 14.2 Å². The van der Waals surface area contributed by atoms with Crippen LogP contribution in [-0.4, -0.2) is 19.7 Å². The molecule has 3 rings (SSSR count). The topological polar surface area (TPSA) is 44.8 Å². The lowest BCUT2D eigenvalue weighted by atomic mass is 9.86. The molecule has 0 fully saturated rings. The number of carbonyl (C=O) groups excluding carboxylic acids is 1. The molecule has 4 nitrogen and oxygen atoms in total. The fourth-order valence-electron chi connectivity index (χ4n) is 3.13. The van der Waals surface area contributed by atoms with Crippen LogP contribution in [0, 0.1) is 0 Å².